The molecule has 15 heavy (non-hydrogen) atoms. The molecule has 0 fully saturated rings. The molecule has 1 rings (SSSR count). The van der Waals surface area contributed by atoms with Crippen LogP contribution in [0.1, 0.15) is 20.3 Å². The zero-order valence-corrected chi connectivity index (χ0v) is 11.3. The topological polar surface area (TPSA) is 44.0 Å². The van der Waals surface area contributed by atoms with Crippen LogP contribution in [0.2, 0.25) is 0 Å². The smallest absolute Gasteiger partial charge is 0.302 e. The fourth-order valence-corrected chi connectivity index (χ4v) is 1.98. The fraction of sp³-hybridized carbons (Fsp3) is 0.600. The van der Waals surface area contributed by atoms with E-state index in [1.165, 1.54) is 9.13 Å². The molecule has 0 radical (unpaired) electrons. The second-order valence-corrected chi connectivity index (χ2v) is 5.17. The molecule has 0 unspecified atom stereocenters. The maximum absolute atomic E-state index is 11.7. The Morgan fingerprint density at radius 1 is 1.40 bits per heavy atom. The zero-order chi connectivity index (χ0) is 11.6. The summed E-state index contributed by atoms with van der Waals surface area (Å²) in [5.74, 6) is 0.486. The molecular weight excluding hydrogens is 307 g/mol. The van der Waals surface area contributed by atoms with E-state index in [1.807, 2.05) is 22.6 Å². The van der Waals surface area contributed by atoms with Gasteiger partial charge < -0.3 is 4.57 Å². The molecule has 4 nitrogen and oxygen atoms in total. The molecule has 84 valence electrons. The Hall–Kier alpha value is -0.590. The van der Waals surface area contributed by atoms with Gasteiger partial charge in [-0.15, -0.1) is 0 Å². The SMILES string of the molecule is CC(C)CCn1c(=O)c(I)cn(C)c1=O. The Balaban J connectivity index is 3.16. The van der Waals surface area contributed by atoms with Crippen LogP contribution in [0.4, 0.5) is 0 Å². The molecule has 0 aliphatic heterocycles. The number of hydrogen-bond acceptors (Lipinski definition) is 2. The Kier molecular flexibility index (Phi) is 4.12. The normalized spacial score (nSPS) is 11.0. The largest absolute Gasteiger partial charge is 0.330 e. The molecule has 0 saturated heterocycles. The van der Waals surface area contributed by atoms with Crippen molar-refractivity contribution in [3.05, 3.63) is 30.6 Å². The van der Waals surface area contributed by atoms with Crippen molar-refractivity contribution in [2.45, 2.75) is 26.8 Å². The third kappa shape index (κ3) is 2.93. The van der Waals surface area contributed by atoms with Gasteiger partial charge in [0.15, 0.2) is 0 Å². The van der Waals surface area contributed by atoms with E-state index in [1.54, 1.807) is 13.2 Å². The lowest BCUT2D eigenvalue weighted by molar-refractivity contribution is 0.482. The van der Waals surface area contributed by atoms with Crippen LogP contribution in [-0.4, -0.2) is 9.13 Å². The van der Waals surface area contributed by atoms with Gasteiger partial charge in [0.05, 0.1) is 3.57 Å². The molecule has 1 aromatic heterocycles. The number of halogens is 1. The van der Waals surface area contributed by atoms with Crippen LogP contribution in [-0.2, 0) is 13.6 Å². The molecule has 1 heterocycles. The number of aromatic nitrogens is 2. The molecule has 0 aliphatic carbocycles. The molecule has 0 amide bonds. The first-order valence-corrected chi connectivity index (χ1v) is 5.97. The summed E-state index contributed by atoms with van der Waals surface area (Å²) in [5, 5.41) is 0. The Morgan fingerprint density at radius 3 is 2.53 bits per heavy atom. The van der Waals surface area contributed by atoms with Crippen molar-refractivity contribution in [3.8, 4) is 0 Å². The van der Waals surface area contributed by atoms with Crippen LogP contribution in [0.15, 0.2) is 15.8 Å². The van der Waals surface area contributed by atoms with Crippen molar-refractivity contribution in [2.75, 3.05) is 0 Å². The molecule has 0 spiro atoms. The first kappa shape index (κ1) is 12.5. The quantitative estimate of drug-likeness (QED) is 0.785. The molecule has 0 aliphatic rings. The summed E-state index contributed by atoms with van der Waals surface area (Å²) in [6.07, 6.45) is 2.41. The van der Waals surface area contributed by atoms with Crippen LogP contribution in [0.25, 0.3) is 0 Å². The molecule has 5 heteroatoms. The van der Waals surface area contributed by atoms with Crippen molar-refractivity contribution in [1.29, 1.82) is 0 Å². The van der Waals surface area contributed by atoms with Gasteiger partial charge in [0.2, 0.25) is 0 Å². The van der Waals surface area contributed by atoms with Crippen molar-refractivity contribution < 1.29 is 0 Å². The van der Waals surface area contributed by atoms with Gasteiger partial charge in [-0.1, -0.05) is 13.8 Å². The van der Waals surface area contributed by atoms with Crippen LogP contribution >= 0.6 is 22.6 Å². The minimum atomic E-state index is -0.235. The second kappa shape index (κ2) is 4.96. The van der Waals surface area contributed by atoms with Crippen molar-refractivity contribution in [1.82, 2.24) is 9.13 Å². The Labute approximate surface area is 102 Å². The van der Waals surface area contributed by atoms with Crippen molar-refractivity contribution in [3.63, 3.8) is 0 Å². The monoisotopic (exact) mass is 322 g/mol. The third-order valence-corrected chi connectivity index (χ3v) is 2.96. The number of nitrogens with zero attached hydrogens (tertiary/aromatic N) is 2. The fourth-order valence-electron chi connectivity index (χ4n) is 1.27. The minimum absolute atomic E-state index is 0.181. The van der Waals surface area contributed by atoms with Crippen LogP contribution in [0.5, 0.6) is 0 Å². The van der Waals surface area contributed by atoms with Gasteiger partial charge in [0, 0.05) is 19.8 Å². The lowest BCUT2D eigenvalue weighted by Gasteiger charge is -2.09. The summed E-state index contributed by atoms with van der Waals surface area (Å²) in [5.41, 5.74) is -0.416. The van der Waals surface area contributed by atoms with E-state index in [0.717, 1.165) is 6.42 Å². The summed E-state index contributed by atoms with van der Waals surface area (Å²) in [7, 11) is 1.66. The maximum Gasteiger partial charge on any atom is 0.330 e. The predicted molar refractivity (Wildman–Crippen MR) is 68.1 cm³/mol. The number of rotatable bonds is 3. The average Bonchev–Trinajstić information content (AvgIpc) is 2.14. The van der Waals surface area contributed by atoms with Gasteiger partial charge in [-0.05, 0) is 34.9 Å². The maximum atomic E-state index is 11.7. The standard InChI is InChI=1S/C10H15IN2O2/c1-7(2)4-5-13-9(14)8(11)6-12(3)10(13)15/h6-7H,4-5H2,1-3H3. The van der Waals surface area contributed by atoms with Gasteiger partial charge in [-0.2, -0.15) is 0 Å². The molecule has 0 N–H and O–H groups in total. The van der Waals surface area contributed by atoms with E-state index in [4.69, 9.17) is 0 Å². The van der Waals surface area contributed by atoms with Gasteiger partial charge in [-0.3, -0.25) is 9.36 Å². The van der Waals surface area contributed by atoms with E-state index in [0.29, 0.717) is 16.0 Å². The van der Waals surface area contributed by atoms with Crippen LogP contribution in [0, 0.1) is 9.49 Å². The Bertz CT molecular complexity index is 425. The lowest BCUT2D eigenvalue weighted by Crippen LogP contribution is -2.40. The van der Waals surface area contributed by atoms with Crippen LogP contribution in [0.3, 0.4) is 0 Å². The lowest BCUT2D eigenvalue weighted by atomic mass is 10.1. The summed E-state index contributed by atoms with van der Waals surface area (Å²) < 4.78 is 3.34. The molecule has 0 saturated carbocycles. The van der Waals surface area contributed by atoms with E-state index < -0.39 is 0 Å². The third-order valence-electron chi connectivity index (χ3n) is 2.22. The van der Waals surface area contributed by atoms with Gasteiger partial charge in [-0.25, -0.2) is 4.79 Å². The van der Waals surface area contributed by atoms with Gasteiger partial charge in [0.25, 0.3) is 5.56 Å². The summed E-state index contributed by atoms with van der Waals surface area (Å²) in [6, 6.07) is 0. The predicted octanol–water partition coefficient (Wildman–Crippen LogP) is 1.20. The molecular formula is C10H15IN2O2. The second-order valence-electron chi connectivity index (χ2n) is 4.01. The molecule has 1 aromatic rings. The number of hydrogen-bond donors (Lipinski definition) is 0. The Morgan fingerprint density at radius 2 is 2.00 bits per heavy atom. The van der Waals surface area contributed by atoms with Gasteiger partial charge >= 0.3 is 5.69 Å². The zero-order valence-electron chi connectivity index (χ0n) is 9.16. The summed E-state index contributed by atoms with van der Waals surface area (Å²) in [6.45, 7) is 4.65. The summed E-state index contributed by atoms with van der Waals surface area (Å²) in [4.78, 5) is 23.4. The van der Waals surface area contributed by atoms with Crippen LogP contribution < -0.4 is 11.2 Å². The van der Waals surface area contributed by atoms with Gasteiger partial charge in [0.1, 0.15) is 0 Å². The average molecular weight is 322 g/mol. The van der Waals surface area contributed by atoms with Crippen molar-refractivity contribution in [2.24, 2.45) is 13.0 Å². The highest BCUT2D eigenvalue weighted by molar-refractivity contribution is 14.1. The summed E-state index contributed by atoms with van der Waals surface area (Å²) >= 11 is 1.96. The molecule has 0 bridgehead atoms. The minimum Gasteiger partial charge on any atom is -0.302 e. The van der Waals surface area contributed by atoms with E-state index in [9.17, 15) is 9.59 Å². The van der Waals surface area contributed by atoms with E-state index in [2.05, 4.69) is 13.8 Å². The number of aryl methyl sites for hydroxylation is 1. The first-order valence-electron chi connectivity index (χ1n) is 4.89. The molecule has 0 aromatic carbocycles. The first-order chi connectivity index (χ1) is 6.93. The van der Waals surface area contributed by atoms with Crippen molar-refractivity contribution >= 4 is 22.6 Å². The highest BCUT2D eigenvalue weighted by atomic mass is 127. The highest BCUT2D eigenvalue weighted by Gasteiger charge is 2.07. The van der Waals surface area contributed by atoms with E-state index in [-0.39, 0.29) is 11.2 Å². The van der Waals surface area contributed by atoms with E-state index >= 15 is 0 Å². The highest BCUT2D eigenvalue weighted by Crippen LogP contribution is 2.00. The molecule has 0 atom stereocenters.